The summed E-state index contributed by atoms with van der Waals surface area (Å²) in [6.45, 7) is 0.146. The maximum absolute atomic E-state index is 13.7. The molecule has 6 heteroatoms. The second-order valence-electron chi connectivity index (χ2n) is 4.97. The third kappa shape index (κ3) is 2.91. The second kappa shape index (κ2) is 6.67. The molecule has 20 heavy (non-hydrogen) atoms. The number of para-hydroxylation sites is 1. The smallest absolute Gasteiger partial charge is 0.256 e. The number of hydrazine groups is 1. The summed E-state index contributed by atoms with van der Waals surface area (Å²) in [5.74, 6) is 4.45. The highest BCUT2D eigenvalue weighted by molar-refractivity contribution is 5.99. The largest absolute Gasteiger partial charge is 0.395 e. The molecule has 1 saturated carbocycles. The molecule has 1 amide bonds. The molecule has 0 radical (unpaired) electrons. The van der Waals surface area contributed by atoms with E-state index in [0.29, 0.717) is 0 Å². The Morgan fingerprint density at radius 2 is 2.15 bits per heavy atom. The first-order valence-corrected chi connectivity index (χ1v) is 6.86. The molecule has 0 aliphatic heterocycles. The second-order valence-corrected chi connectivity index (χ2v) is 4.97. The highest BCUT2D eigenvalue weighted by atomic mass is 19.1. The molecule has 110 valence electrons. The van der Waals surface area contributed by atoms with Crippen molar-refractivity contribution in [1.29, 1.82) is 0 Å². The van der Waals surface area contributed by atoms with E-state index in [1.54, 1.807) is 11.0 Å². The lowest BCUT2D eigenvalue weighted by molar-refractivity contribution is 0.0638. The van der Waals surface area contributed by atoms with Gasteiger partial charge in [-0.1, -0.05) is 18.9 Å². The zero-order chi connectivity index (χ0) is 14.5. The molecule has 0 spiro atoms. The SMILES string of the molecule is NNc1c(F)cccc1C(=O)N(CCO)C1CCCC1. The quantitative estimate of drug-likeness (QED) is 0.564. The number of nitrogens with one attached hydrogen (secondary N) is 1. The molecule has 2 rings (SSSR count). The fraction of sp³-hybridized carbons (Fsp3) is 0.500. The van der Waals surface area contributed by atoms with Crippen LogP contribution in [-0.2, 0) is 0 Å². The van der Waals surface area contributed by atoms with Gasteiger partial charge in [-0.15, -0.1) is 0 Å². The number of hydrogen-bond acceptors (Lipinski definition) is 4. The van der Waals surface area contributed by atoms with E-state index in [9.17, 15) is 9.18 Å². The van der Waals surface area contributed by atoms with Crippen molar-refractivity contribution >= 4 is 11.6 Å². The molecule has 1 aliphatic carbocycles. The maximum Gasteiger partial charge on any atom is 0.256 e. The number of benzene rings is 1. The van der Waals surface area contributed by atoms with E-state index in [-0.39, 0.29) is 36.4 Å². The van der Waals surface area contributed by atoms with E-state index in [2.05, 4.69) is 5.43 Å². The number of hydrogen-bond donors (Lipinski definition) is 3. The number of carbonyl (C=O) groups is 1. The molecule has 1 aromatic carbocycles. The van der Waals surface area contributed by atoms with Gasteiger partial charge in [0.25, 0.3) is 5.91 Å². The summed E-state index contributed by atoms with van der Waals surface area (Å²) in [5.41, 5.74) is 2.45. The molecule has 5 nitrogen and oxygen atoms in total. The molecular formula is C14H20FN3O2. The van der Waals surface area contributed by atoms with Crippen molar-refractivity contribution in [3.63, 3.8) is 0 Å². The van der Waals surface area contributed by atoms with Crippen molar-refractivity contribution in [2.24, 2.45) is 5.84 Å². The van der Waals surface area contributed by atoms with Gasteiger partial charge in [0, 0.05) is 12.6 Å². The Morgan fingerprint density at radius 1 is 1.45 bits per heavy atom. The van der Waals surface area contributed by atoms with Crippen LogP contribution < -0.4 is 11.3 Å². The lowest BCUT2D eigenvalue weighted by Crippen LogP contribution is -2.41. The van der Waals surface area contributed by atoms with Crippen molar-refractivity contribution in [3.8, 4) is 0 Å². The van der Waals surface area contributed by atoms with Gasteiger partial charge in [-0.25, -0.2) is 4.39 Å². The molecule has 1 aliphatic rings. The summed E-state index contributed by atoms with van der Waals surface area (Å²) in [4.78, 5) is 14.2. The topological polar surface area (TPSA) is 78.6 Å². The first-order valence-electron chi connectivity index (χ1n) is 6.86. The number of aliphatic hydroxyl groups is 1. The Hall–Kier alpha value is -1.66. The Morgan fingerprint density at radius 3 is 2.75 bits per heavy atom. The standard InChI is InChI=1S/C14H20FN3O2/c15-12-7-3-6-11(13(12)17-16)14(20)18(8-9-19)10-4-1-2-5-10/h3,6-7,10,17,19H,1-2,4-5,8-9,16H2. The predicted molar refractivity (Wildman–Crippen MR) is 74.6 cm³/mol. The van der Waals surface area contributed by atoms with Crippen LogP contribution in [0.1, 0.15) is 36.0 Å². The van der Waals surface area contributed by atoms with Crippen molar-refractivity contribution in [1.82, 2.24) is 4.90 Å². The zero-order valence-corrected chi connectivity index (χ0v) is 11.3. The normalized spacial score (nSPS) is 15.3. The number of amides is 1. The lowest BCUT2D eigenvalue weighted by atomic mass is 10.1. The van der Waals surface area contributed by atoms with Crippen LogP contribution in [-0.4, -0.2) is 35.1 Å². The molecular weight excluding hydrogens is 261 g/mol. The van der Waals surface area contributed by atoms with E-state index >= 15 is 0 Å². The third-order valence-electron chi connectivity index (χ3n) is 3.76. The summed E-state index contributed by atoms with van der Waals surface area (Å²) in [6.07, 6.45) is 3.99. The van der Waals surface area contributed by atoms with E-state index in [0.717, 1.165) is 25.7 Å². The van der Waals surface area contributed by atoms with Gasteiger partial charge in [-0.2, -0.15) is 0 Å². The average Bonchev–Trinajstić information content (AvgIpc) is 2.97. The number of anilines is 1. The molecule has 0 unspecified atom stereocenters. The van der Waals surface area contributed by atoms with Crippen LogP contribution in [0, 0.1) is 5.82 Å². The van der Waals surface area contributed by atoms with Crippen LogP contribution in [0.25, 0.3) is 0 Å². The zero-order valence-electron chi connectivity index (χ0n) is 11.3. The van der Waals surface area contributed by atoms with Gasteiger partial charge in [0.1, 0.15) is 5.82 Å². The minimum atomic E-state index is -0.561. The van der Waals surface area contributed by atoms with Crippen LogP contribution in [0.5, 0.6) is 0 Å². The molecule has 0 atom stereocenters. The van der Waals surface area contributed by atoms with Gasteiger partial charge in [0.05, 0.1) is 17.9 Å². The van der Waals surface area contributed by atoms with Gasteiger partial charge >= 0.3 is 0 Å². The van der Waals surface area contributed by atoms with E-state index in [4.69, 9.17) is 10.9 Å². The number of nitrogens with zero attached hydrogens (tertiary/aromatic N) is 1. The van der Waals surface area contributed by atoms with Crippen molar-refractivity contribution in [3.05, 3.63) is 29.6 Å². The van der Waals surface area contributed by atoms with E-state index < -0.39 is 5.82 Å². The van der Waals surface area contributed by atoms with Crippen LogP contribution >= 0.6 is 0 Å². The summed E-state index contributed by atoms with van der Waals surface area (Å²) < 4.78 is 13.7. The Balaban J connectivity index is 2.29. The average molecular weight is 281 g/mol. The highest BCUT2D eigenvalue weighted by Crippen LogP contribution is 2.27. The number of halogens is 1. The van der Waals surface area contributed by atoms with Gasteiger partial charge in [0.15, 0.2) is 0 Å². The summed E-state index contributed by atoms with van der Waals surface area (Å²) >= 11 is 0. The number of nitrogen functional groups attached to an aromatic ring is 1. The van der Waals surface area contributed by atoms with Gasteiger partial charge in [0.2, 0.25) is 0 Å². The van der Waals surface area contributed by atoms with Gasteiger partial charge < -0.3 is 15.4 Å². The summed E-state index contributed by atoms with van der Waals surface area (Å²) in [6, 6.07) is 4.39. The first kappa shape index (κ1) is 14.7. The van der Waals surface area contributed by atoms with E-state index in [1.807, 2.05) is 0 Å². The first-order chi connectivity index (χ1) is 9.69. The predicted octanol–water partition coefficient (Wildman–Crippen LogP) is 1.49. The van der Waals surface area contributed by atoms with Gasteiger partial charge in [-0.3, -0.25) is 10.6 Å². The van der Waals surface area contributed by atoms with Crippen LogP contribution in [0.15, 0.2) is 18.2 Å². The third-order valence-corrected chi connectivity index (χ3v) is 3.76. The van der Waals surface area contributed by atoms with Crippen molar-refractivity contribution in [2.45, 2.75) is 31.7 Å². The maximum atomic E-state index is 13.7. The Labute approximate surface area is 117 Å². The van der Waals surface area contributed by atoms with Gasteiger partial charge in [-0.05, 0) is 25.0 Å². The number of nitrogens with two attached hydrogens (primary N) is 1. The number of aliphatic hydroxyl groups excluding tert-OH is 1. The fourth-order valence-corrected chi connectivity index (χ4v) is 2.78. The van der Waals surface area contributed by atoms with Crippen LogP contribution in [0.2, 0.25) is 0 Å². The molecule has 1 aromatic rings. The minimum Gasteiger partial charge on any atom is -0.395 e. The number of carbonyl (C=O) groups excluding carboxylic acids is 1. The molecule has 4 N–H and O–H groups in total. The Kier molecular flexibility index (Phi) is 4.92. The highest BCUT2D eigenvalue weighted by Gasteiger charge is 2.28. The summed E-state index contributed by atoms with van der Waals surface area (Å²) in [7, 11) is 0. The van der Waals surface area contributed by atoms with Crippen molar-refractivity contribution < 1.29 is 14.3 Å². The van der Waals surface area contributed by atoms with Crippen LogP contribution in [0.3, 0.4) is 0 Å². The summed E-state index contributed by atoms with van der Waals surface area (Å²) in [5, 5.41) is 9.17. The molecule has 0 heterocycles. The number of rotatable bonds is 5. The molecule has 0 aromatic heterocycles. The van der Waals surface area contributed by atoms with Crippen LogP contribution in [0.4, 0.5) is 10.1 Å². The van der Waals surface area contributed by atoms with E-state index in [1.165, 1.54) is 12.1 Å². The fourth-order valence-electron chi connectivity index (χ4n) is 2.78. The monoisotopic (exact) mass is 281 g/mol. The molecule has 1 fully saturated rings. The Bertz CT molecular complexity index is 475. The molecule has 0 bridgehead atoms. The lowest BCUT2D eigenvalue weighted by Gasteiger charge is -2.29. The minimum absolute atomic E-state index is 0.00145. The molecule has 0 saturated heterocycles. The van der Waals surface area contributed by atoms with Crippen molar-refractivity contribution in [2.75, 3.05) is 18.6 Å².